The van der Waals surface area contributed by atoms with Crippen LogP contribution < -0.4 is 61.8 Å². The molecule has 26 heavy (non-hydrogen) atoms. The van der Waals surface area contributed by atoms with E-state index in [-0.39, 0.29) is 63.8 Å². The smallest absolute Gasteiger partial charge is 0.548 e. The Balaban J connectivity index is 0.00000243. The van der Waals surface area contributed by atoms with E-state index in [1.807, 2.05) is 30.3 Å². The number of ether oxygens (including phenoxy) is 2. The maximum atomic E-state index is 12.6. The molecule has 3 atom stereocenters. The van der Waals surface area contributed by atoms with E-state index >= 15 is 0 Å². The Bertz CT molecular complexity index is 621. The van der Waals surface area contributed by atoms with Crippen LogP contribution in [0.5, 0.6) is 0 Å². The number of methoxy groups -OCH3 is 1. The van der Waals surface area contributed by atoms with Gasteiger partial charge in [0.2, 0.25) is 0 Å². The van der Waals surface area contributed by atoms with E-state index < -0.39 is 23.6 Å². The summed E-state index contributed by atoms with van der Waals surface area (Å²) in [6.07, 6.45) is 1.29. The Morgan fingerprint density at radius 2 is 2.12 bits per heavy atom. The average Bonchev–Trinajstić information content (AvgIpc) is 3.28. The van der Waals surface area contributed by atoms with Gasteiger partial charge in [-0.15, -0.1) is 0 Å². The first-order valence-corrected chi connectivity index (χ1v) is 8.49. The largest absolute Gasteiger partial charge is 1.00 e. The van der Waals surface area contributed by atoms with Gasteiger partial charge in [-0.1, -0.05) is 30.3 Å². The van der Waals surface area contributed by atoms with Crippen LogP contribution in [0.3, 0.4) is 0 Å². The first kappa shape index (κ1) is 21.8. The van der Waals surface area contributed by atoms with Crippen molar-refractivity contribution in [2.45, 2.75) is 30.4 Å². The first-order valence-electron chi connectivity index (χ1n) is 8.49. The summed E-state index contributed by atoms with van der Waals surface area (Å²) in [5.74, 6) is -1.49. The zero-order chi connectivity index (χ0) is 17.9. The Labute approximate surface area is 195 Å². The SMILES string of the molecule is COC1(CNC(=O)N2CCC(c3ccccc3)C2C(=O)[O-])CCOC1.[K+]. The van der Waals surface area contributed by atoms with E-state index in [9.17, 15) is 14.7 Å². The second kappa shape index (κ2) is 9.63. The summed E-state index contributed by atoms with van der Waals surface area (Å²) in [7, 11) is 1.59. The molecule has 7 nitrogen and oxygen atoms in total. The molecule has 2 amide bonds. The maximum absolute atomic E-state index is 12.6. The number of nitrogens with one attached hydrogen (secondary N) is 1. The van der Waals surface area contributed by atoms with Crippen molar-refractivity contribution in [1.82, 2.24) is 10.2 Å². The third-order valence-electron chi connectivity index (χ3n) is 5.19. The molecule has 0 aromatic heterocycles. The number of carbonyl (C=O) groups is 2. The fourth-order valence-electron chi connectivity index (χ4n) is 3.66. The van der Waals surface area contributed by atoms with Crippen molar-refractivity contribution >= 4 is 12.0 Å². The fraction of sp³-hybridized carbons (Fsp3) is 0.556. The number of rotatable bonds is 5. The quantitative estimate of drug-likeness (QED) is 0.549. The molecule has 2 aliphatic rings. The van der Waals surface area contributed by atoms with Gasteiger partial charge in [-0.25, -0.2) is 4.79 Å². The Morgan fingerprint density at radius 3 is 2.69 bits per heavy atom. The molecule has 2 fully saturated rings. The zero-order valence-corrected chi connectivity index (χ0v) is 18.4. The summed E-state index contributed by atoms with van der Waals surface area (Å²) < 4.78 is 10.8. The van der Waals surface area contributed by atoms with Gasteiger partial charge in [0.05, 0.1) is 25.2 Å². The van der Waals surface area contributed by atoms with Crippen molar-refractivity contribution in [3.05, 3.63) is 35.9 Å². The van der Waals surface area contributed by atoms with E-state index in [0.29, 0.717) is 32.6 Å². The van der Waals surface area contributed by atoms with Gasteiger partial charge in [-0.2, -0.15) is 0 Å². The number of carbonyl (C=O) groups excluding carboxylic acids is 2. The predicted molar refractivity (Wildman–Crippen MR) is 87.9 cm³/mol. The monoisotopic (exact) mass is 386 g/mol. The molecule has 2 saturated heterocycles. The van der Waals surface area contributed by atoms with Crippen molar-refractivity contribution in [3.63, 3.8) is 0 Å². The number of urea groups is 1. The molecule has 8 heteroatoms. The van der Waals surface area contributed by atoms with Crippen LogP contribution in [-0.2, 0) is 14.3 Å². The summed E-state index contributed by atoms with van der Waals surface area (Å²) in [5, 5.41) is 14.5. The molecule has 0 saturated carbocycles. The number of carboxylic acids is 1. The molecule has 3 rings (SSSR count). The summed E-state index contributed by atoms with van der Waals surface area (Å²) >= 11 is 0. The van der Waals surface area contributed by atoms with Crippen LogP contribution >= 0.6 is 0 Å². The van der Waals surface area contributed by atoms with Crippen molar-refractivity contribution in [1.29, 1.82) is 0 Å². The summed E-state index contributed by atoms with van der Waals surface area (Å²) in [6.45, 7) is 1.67. The van der Waals surface area contributed by atoms with Gasteiger partial charge in [0.15, 0.2) is 0 Å². The van der Waals surface area contributed by atoms with Crippen LogP contribution in [0.2, 0.25) is 0 Å². The van der Waals surface area contributed by atoms with Crippen molar-refractivity contribution in [3.8, 4) is 0 Å². The van der Waals surface area contributed by atoms with Gasteiger partial charge in [-0.05, 0) is 12.0 Å². The van der Waals surface area contributed by atoms with Gasteiger partial charge >= 0.3 is 57.4 Å². The number of amides is 2. The minimum absolute atomic E-state index is 0. The molecule has 0 aliphatic carbocycles. The van der Waals surface area contributed by atoms with E-state index in [0.717, 1.165) is 5.56 Å². The number of nitrogens with zero attached hydrogens (tertiary/aromatic N) is 1. The van der Waals surface area contributed by atoms with Crippen LogP contribution in [0, 0.1) is 0 Å². The summed E-state index contributed by atoms with van der Waals surface area (Å²) in [6, 6.07) is 8.01. The Kier molecular flexibility index (Phi) is 8.08. The van der Waals surface area contributed by atoms with Crippen LogP contribution in [0.4, 0.5) is 4.79 Å². The van der Waals surface area contributed by atoms with Gasteiger partial charge in [0.1, 0.15) is 5.60 Å². The second-order valence-electron chi connectivity index (χ2n) is 6.61. The van der Waals surface area contributed by atoms with E-state index in [1.54, 1.807) is 7.11 Å². The fourth-order valence-corrected chi connectivity index (χ4v) is 3.66. The van der Waals surface area contributed by atoms with Gasteiger partial charge < -0.3 is 29.6 Å². The molecule has 1 aromatic rings. The minimum atomic E-state index is -1.23. The number of likely N-dealkylation sites (tertiary alicyclic amines) is 1. The molecular formula is C18H23KN2O5. The van der Waals surface area contributed by atoms with Crippen molar-refractivity contribution < 1.29 is 75.6 Å². The van der Waals surface area contributed by atoms with Crippen LogP contribution in [0.15, 0.2) is 30.3 Å². The van der Waals surface area contributed by atoms with E-state index in [1.165, 1.54) is 4.90 Å². The van der Waals surface area contributed by atoms with Crippen LogP contribution in [-0.4, -0.2) is 62.0 Å². The molecule has 1 N–H and O–H groups in total. The zero-order valence-electron chi connectivity index (χ0n) is 15.3. The molecule has 0 radical (unpaired) electrons. The van der Waals surface area contributed by atoms with Crippen molar-refractivity contribution in [2.75, 3.05) is 33.4 Å². The Morgan fingerprint density at radius 1 is 1.38 bits per heavy atom. The molecule has 2 aliphatic heterocycles. The third kappa shape index (κ3) is 4.67. The average molecular weight is 386 g/mol. The number of hydrogen-bond acceptors (Lipinski definition) is 5. The number of carboxylic acid groups (broad SMARTS) is 1. The molecule has 1 aromatic carbocycles. The normalized spacial score (nSPS) is 27.8. The second-order valence-corrected chi connectivity index (χ2v) is 6.61. The minimum Gasteiger partial charge on any atom is -0.548 e. The Hall–Kier alpha value is -0.484. The van der Waals surface area contributed by atoms with Crippen molar-refractivity contribution in [2.24, 2.45) is 0 Å². The third-order valence-corrected chi connectivity index (χ3v) is 5.19. The number of aliphatic carboxylic acids is 1. The predicted octanol–water partition coefficient (Wildman–Crippen LogP) is -2.89. The van der Waals surface area contributed by atoms with Crippen LogP contribution in [0.1, 0.15) is 24.3 Å². The molecule has 0 spiro atoms. The summed E-state index contributed by atoms with van der Waals surface area (Å²) in [5.41, 5.74) is 0.370. The standard InChI is InChI=1S/C18H24N2O5.K/c1-24-18(8-10-25-12-18)11-19-17(23)20-9-7-14(15(20)16(21)22)13-5-3-2-4-6-13;/h2-6,14-15H,7-12H2,1H3,(H,19,23)(H,21,22);/q;+1/p-1. The van der Waals surface area contributed by atoms with Gasteiger partial charge in [0.25, 0.3) is 0 Å². The topological polar surface area (TPSA) is 90.9 Å². The number of hydrogen-bond donors (Lipinski definition) is 1. The first-order chi connectivity index (χ1) is 12.1. The van der Waals surface area contributed by atoms with Gasteiger partial charge in [-0.3, -0.25) is 0 Å². The van der Waals surface area contributed by atoms with Gasteiger partial charge in [0, 0.05) is 32.6 Å². The molecule has 2 heterocycles. The molecular weight excluding hydrogens is 363 g/mol. The number of benzene rings is 1. The summed E-state index contributed by atoms with van der Waals surface area (Å²) in [4.78, 5) is 25.6. The van der Waals surface area contributed by atoms with Crippen LogP contribution in [0.25, 0.3) is 0 Å². The van der Waals surface area contributed by atoms with E-state index in [4.69, 9.17) is 9.47 Å². The maximum Gasteiger partial charge on any atom is 1.00 e. The molecule has 3 unspecified atom stereocenters. The van der Waals surface area contributed by atoms with E-state index in [2.05, 4.69) is 5.32 Å². The molecule has 136 valence electrons. The molecule has 0 bridgehead atoms.